The van der Waals surface area contributed by atoms with Gasteiger partial charge in [0.05, 0.1) is 23.7 Å². The molecule has 3 aromatic rings. The summed E-state index contributed by atoms with van der Waals surface area (Å²) in [6.45, 7) is 7.81. The van der Waals surface area contributed by atoms with Crippen LogP contribution in [0, 0.1) is 13.8 Å². The van der Waals surface area contributed by atoms with Gasteiger partial charge in [-0.25, -0.2) is 0 Å². The lowest BCUT2D eigenvalue weighted by atomic mass is 9.85. The van der Waals surface area contributed by atoms with Gasteiger partial charge in [0.25, 0.3) is 11.1 Å². The Hall–Kier alpha value is -2.71. The third-order valence-electron chi connectivity index (χ3n) is 4.18. The first-order chi connectivity index (χ1) is 13.3. The third-order valence-corrected chi connectivity index (χ3v) is 4.42. The van der Waals surface area contributed by atoms with Crippen molar-refractivity contribution in [2.45, 2.75) is 33.6 Å². The van der Waals surface area contributed by atoms with Gasteiger partial charge < -0.3 is 20.0 Å². The SMILES string of the molecule is CCO.CCOc1ccc(Cl)cc1C(c1c(C)[nH][nH]c1=O)c1c(C)[nH][nH]c1=O. The first-order valence-corrected chi connectivity index (χ1v) is 9.30. The minimum atomic E-state index is -0.620. The van der Waals surface area contributed by atoms with E-state index >= 15 is 0 Å². The Morgan fingerprint density at radius 1 is 1.00 bits per heavy atom. The molecule has 0 aliphatic carbocycles. The molecular formula is C19H25ClN4O4. The maximum atomic E-state index is 12.4. The highest BCUT2D eigenvalue weighted by molar-refractivity contribution is 6.30. The number of aromatic nitrogens is 4. The lowest BCUT2D eigenvalue weighted by Crippen LogP contribution is -2.21. The number of nitrogens with one attached hydrogen (secondary N) is 4. The summed E-state index contributed by atoms with van der Waals surface area (Å²) in [6, 6.07) is 5.20. The zero-order valence-electron chi connectivity index (χ0n) is 16.3. The van der Waals surface area contributed by atoms with Gasteiger partial charge in [0, 0.05) is 28.6 Å². The second-order valence-electron chi connectivity index (χ2n) is 6.10. The minimum Gasteiger partial charge on any atom is -0.494 e. The van der Waals surface area contributed by atoms with E-state index in [0.717, 1.165) is 0 Å². The Morgan fingerprint density at radius 2 is 1.50 bits per heavy atom. The van der Waals surface area contributed by atoms with E-state index in [0.29, 0.717) is 45.5 Å². The Kier molecular flexibility index (Phi) is 7.31. The Labute approximate surface area is 166 Å². The molecule has 8 nitrogen and oxygen atoms in total. The molecule has 0 fully saturated rings. The number of aliphatic hydroxyl groups excluding tert-OH is 1. The first-order valence-electron chi connectivity index (χ1n) is 8.92. The van der Waals surface area contributed by atoms with Crippen molar-refractivity contribution in [2.75, 3.05) is 13.2 Å². The summed E-state index contributed by atoms with van der Waals surface area (Å²) in [7, 11) is 0. The van der Waals surface area contributed by atoms with Gasteiger partial charge in [-0.2, -0.15) is 0 Å². The maximum absolute atomic E-state index is 12.4. The van der Waals surface area contributed by atoms with E-state index in [1.54, 1.807) is 39.0 Å². The number of H-pyrrole nitrogens is 4. The number of ether oxygens (including phenoxy) is 1. The highest BCUT2D eigenvalue weighted by atomic mass is 35.5. The zero-order chi connectivity index (χ0) is 20.8. The van der Waals surface area contributed by atoms with E-state index < -0.39 is 5.92 Å². The fourth-order valence-corrected chi connectivity index (χ4v) is 3.27. The molecule has 0 unspecified atom stereocenters. The molecule has 0 saturated carbocycles. The van der Waals surface area contributed by atoms with Crippen molar-refractivity contribution in [2.24, 2.45) is 0 Å². The highest BCUT2D eigenvalue weighted by Gasteiger charge is 2.30. The second kappa shape index (κ2) is 9.48. The highest BCUT2D eigenvalue weighted by Crippen LogP contribution is 2.38. The monoisotopic (exact) mass is 408 g/mol. The molecular weight excluding hydrogens is 384 g/mol. The number of aryl methyl sites for hydroxylation is 2. The Morgan fingerprint density at radius 3 is 1.89 bits per heavy atom. The molecule has 152 valence electrons. The van der Waals surface area contributed by atoms with Crippen LogP contribution in [-0.4, -0.2) is 38.7 Å². The van der Waals surface area contributed by atoms with E-state index in [2.05, 4.69) is 20.4 Å². The van der Waals surface area contributed by atoms with E-state index in [9.17, 15) is 9.59 Å². The maximum Gasteiger partial charge on any atom is 0.268 e. The van der Waals surface area contributed by atoms with Gasteiger partial charge in [-0.1, -0.05) is 11.6 Å². The molecule has 0 saturated heterocycles. The van der Waals surface area contributed by atoms with Gasteiger partial charge >= 0.3 is 0 Å². The van der Waals surface area contributed by atoms with Crippen LogP contribution in [0.5, 0.6) is 5.75 Å². The summed E-state index contributed by atoms with van der Waals surface area (Å²) in [6.07, 6.45) is 0. The predicted octanol–water partition coefficient (Wildman–Crippen LogP) is 2.57. The fraction of sp³-hybridized carbons (Fsp3) is 0.368. The number of rotatable bonds is 5. The van der Waals surface area contributed by atoms with Crippen LogP contribution in [0.1, 0.15) is 47.8 Å². The topological polar surface area (TPSA) is 127 Å². The van der Waals surface area contributed by atoms with Crippen LogP contribution in [-0.2, 0) is 0 Å². The summed E-state index contributed by atoms with van der Waals surface area (Å²) in [5, 5.41) is 18.9. The standard InChI is InChI=1S/C17H19ClN4O3.C2H6O/c1-4-25-12-6-5-10(18)7-11(12)15(13-8(2)19-21-16(13)23)14-9(3)20-22-17(14)24;1-2-3/h5-7,15H,4H2,1-3H3,(H2,19,21,23)(H2,20,22,24);3H,2H2,1H3. The summed E-state index contributed by atoms with van der Waals surface area (Å²) >= 11 is 6.20. The van der Waals surface area contributed by atoms with Crippen molar-refractivity contribution in [3.63, 3.8) is 0 Å². The quantitative estimate of drug-likeness (QED) is 0.444. The molecule has 2 heterocycles. The normalized spacial score (nSPS) is 10.7. The average molecular weight is 409 g/mol. The number of hydrogen-bond acceptors (Lipinski definition) is 4. The smallest absolute Gasteiger partial charge is 0.268 e. The van der Waals surface area contributed by atoms with Gasteiger partial charge in [0.1, 0.15) is 5.75 Å². The summed E-state index contributed by atoms with van der Waals surface area (Å²) in [5.74, 6) is -0.0397. The van der Waals surface area contributed by atoms with Crippen LogP contribution >= 0.6 is 11.6 Å². The van der Waals surface area contributed by atoms with E-state index in [-0.39, 0.29) is 17.7 Å². The number of halogens is 1. The largest absolute Gasteiger partial charge is 0.494 e. The number of benzene rings is 1. The van der Waals surface area contributed by atoms with Crippen molar-refractivity contribution < 1.29 is 9.84 Å². The molecule has 9 heteroatoms. The van der Waals surface area contributed by atoms with Crippen LogP contribution in [0.4, 0.5) is 0 Å². The molecule has 0 aliphatic rings. The minimum absolute atomic E-state index is 0.250. The van der Waals surface area contributed by atoms with Gasteiger partial charge in [0.2, 0.25) is 0 Å². The summed E-state index contributed by atoms with van der Waals surface area (Å²) < 4.78 is 5.73. The predicted molar refractivity (Wildman–Crippen MR) is 109 cm³/mol. The molecule has 0 amide bonds. The van der Waals surface area contributed by atoms with Crippen LogP contribution in [0.25, 0.3) is 0 Å². The molecule has 0 bridgehead atoms. The fourth-order valence-electron chi connectivity index (χ4n) is 3.09. The van der Waals surface area contributed by atoms with Gasteiger partial charge in [-0.15, -0.1) is 0 Å². The van der Waals surface area contributed by atoms with Gasteiger partial charge in [0.15, 0.2) is 0 Å². The molecule has 0 atom stereocenters. The van der Waals surface area contributed by atoms with Crippen LogP contribution in [0.15, 0.2) is 27.8 Å². The number of aromatic amines is 4. The number of aliphatic hydroxyl groups is 1. The molecule has 0 spiro atoms. The molecule has 2 aromatic heterocycles. The molecule has 5 N–H and O–H groups in total. The van der Waals surface area contributed by atoms with Crippen molar-refractivity contribution in [3.05, 3.63) is 72.0 Å². The Bertz CT molecular complexity index is 977. The van der Waals surface area contributed by atoms with E-state index in [4.69, 9.17) is 21.4 Å². The first kappa shape index (κ1) is 21.6. The lowest BCUT2D eigenvalue weighted by molar-refractivity contribution is 0.318. The Balaban J connectivity index is 0.000000878. The molecule has 0 radical (unpaired) electrons. The summed E-state index contributed by atoms with van der Waals surface area (Å²) in [4.78, 5) is 24.9. The number of hydrogen-bond donors (Lipinski definition) is 5. The van der Waals surface area contributed by atoms with Crippen molar-refractivity contribution >= 4 is 11.6 Å². The third kappa shape index (κ3) is 4.40. The van der Waals surface area contributed by atoms with E-state index in [1.165, 1.54) is 0 Å². The van der Waals surface area contributed by atoms with Crippen LogP contribution < -0.4 is 15.9 Å². The molecule has 0 aliphatic heterocycles. The average Bonchev–Trinajstić information content (AvgIpc) is 3.15. The van der Waals surface area contributed by atoms with Crippen LogP contribution in [0.2, 0.25) is 5.02 Å². The molecule has 28 heavy (non-hydrogen) atoms. The second-order valence-corrected chi connectivity index (χ2v) is 6.54. The molecule has 3 rings (SSSR count). The van der Waals surface area contributed by atoms with E-state index in [1.807, 2.05) is 6.92 Å². The zero-order valence-corrected chi connectivity index (χ0v) is 17.0. The summed E-state index contributed by atoms with van der Waals surface area (Å²) in [5.41, 5.74) is 2.30. The lowest BCUT2D eigenvalue weighted by Gasteiger charge is -2.19. The van der Waals surface area contributed by atoms with Crippen LogP contribution in [0.3, 0.4) is 0 Å². The van der Waals surface area contributed by atoms with Crippen molar-refractivity contribution in [1.82, 2.24) is 20.4 Å². The van der Waals surface area contributed by atoms with Gasteiger partial charge in [-0.3, -0.25) is 19.8 Å². The van der Waals surface area contributed by atoms with Crippen molar-refractivity contribution in [3.8, 4) is 5.75 Å². The van der Waals surface area contributed by atoms with Crippen molar-refractivity contribution in [1.29, 1.82) is 0 Å². The molecule has 1 aromatic carbocycles. The van der Waals surface area contributed by atoms with Gasteiger partial charge in [-0.05, 0) is 45.9 Å².